The molecule has 0 heterocycles. The van der Waals surface area contributed by atoms with Crippen LogP contribution in [-0.4, -0.2) is 7.11 Å². The van der Waals surface area contributed by atoms with Gasteiger partial charge in [-0.1, -0.05) is 58.3 Å². The predicted molar refractivity (Wildman–Crippen MR) is 111 cm³/mol. The summed E-state index contributed by atoms with van der Waals surface area (Å²) in [5.74, 6) is 2.14. The molecule has 0 atom stereocenters. The SMILES string of the molecule is CCC[C@H]1CC[C@H](CCC2CCC(c3cc(F)c(COC)c(F)c3)CC2)CC1. The van der Waals surface area contributed by atoms with Crippen LogP contribution in [-0.2, 0) is 11.3 Å². The molecule has 0 radical (unpaired) electrons. The summed E-state index contributed by atoms with van der Waals surface area (Å²) in [5, 5.41) is 0. The lowest BCUT2D eigenvalue weighted by Crippen LogP contribution is -2.18. The minimum absolute atomic E-state index is 0.00888. The van der Waals surface area contributed by atoms with Gasteiger partial charge in [0, 0.05) is 12.7 Å². The van der Waals surface area contributed by atoms with Crippen molar-refractivity contribution in [2.24, 2.45) is 17.8 Å². The molecule has 1 nitrogen and oxygen atoms in total. The summed E-state index contributed by atoms with van der Waals surface area (Å²) in [6, 6.07) is 3.08. The first-order valence-corrected chi connectivity index (χ1v) is 11.6. The summed E-state index contributed by atoms with van der Waals surface area (Å²) in [6.45, 7) is 2.30. The Morgan fingerprint density at radius 3 is 1.71 bits per heavy atom. The largest absolute Gasteiger partial charge is 0.380 e. The molecule has 1 aromatic rings. The summed E-state index contributed by atoms with van der Waals surface area (Å²) in [7, 11) is 1.46. The molecule has 0 bridgehead atoms. The van der Waals surface area contributed by atoms with E-state index in [4.69, 9.17) is 4.74 Å². The van der Waals surface area contributed by atoms with E-state index < -0.39 is 11.6 Å². The molecular formula is C25H38F2O. The topological polar surface area (TPSA) is 9.23 Å². The van der Waals surface area contributed by atoms with Crippen LogP contribution in [0.25, 0.3) is 0 Å². The molecule has 3 heteroatoms. The monoisotopic (exact) mass is 392 g/mol. The summed E-state index contributed by atoms with van der Waals surface area (Å²) in [4.78, 5) is 0. The first kappa shape index (κ1) is 21.7. The van der Waals surface area contributed by atoms with Crippen LogP contribution in [0.15, 0.2) is 12.1 Å². The Kier molecular flexibility index (Phi) is 8.32. The fourth-order valence-corrected chi connectivity index (χ4v) is 5.61. The first-order valence-electron chi connectivity index (χ1n) is 11.6. The quantitative estimate of drug-likeness (QED) is 0.439. The van der Waals surface area contributed by atoms with Gasteiger partial charge in [0.15, 0.2) is 0 Å². The maximum absolute atomic E-state index is 14.2. The number of halogens is 2. The second-order valence-electron chi connectivity index (χ2n) is 9.37. The molecule has 0 amide bonds. The van der Waals surface area contributed by atoms with Crippen LogP contribution in [0, 0.1) is 29.4 Å². The van der Waals surface area contributed by atoms with E-state index in [0.717, 1.165) is 36.2 Å². The highest BCUT2D eigenvalue weighted by molar-refractivity contribution is 5.28. The van der Waals surface area contributed by atoms with Crippen molar-refractivity contribution in [1.29, 1.82) is 0 Å². The molecule has 1 aromatic carbocycles. The minimum atomic E-state index is -0.461. The highest BCUT2D eigenvalue weighted by Gasteiger charge is 2.26. The van der Waals surface area contributed by atoms with Crippen molar-refractivity contribution < 1.29 is 13.5 Å². The van der Waals surface area contributed by atoms with Crippen LogP contribution >= 0.6 is 0 Å². The zero-order valence-electron chi connectivity index (χ0n) is 17.8. The molecule has 2 saturated carbocycles. The summed E-state index contributed by atoms with van der Waals surface area (Å²) >= 11 is 0. The summed E-state index contributed by atoms with van der Waals surface area (Å²) < 4.78 is 33.3. The minimum Gasteiger partial charge on any atom is -0.380 e. The first-order chi connectivity index (χ1) is 13.6. The lowest BCUT2D eigenvalue weighted by Gasteiger charge is -2.32. The van der Waals surface area contributed by atoms with Crippen molar-refractivity contribution in [3.05, 3.63) is 34.9 Å². The van der Waals surface area contributed by atoms with Crippen LogP contribution in [0.4, 0.5) is 8.78 Å². The fraction of sp³-hybridized carbons (Fsp3) is 0.760. The smallest absolute Gasteiger partial charge is 0.131 e. The van der Waals surface area contributed by atoms with Gasteiger partial charge in [-0.25, -0.2) is 8.78 Å². The molecule has 0 unspecified atom stereocenters. The zero-order valence-corrected chi connectivity index (χ0v) is 17.8. The van der Waals surface area contributed by atoms with Crippen LogP contribution in [0.3, 0.4) is 0 Å². The molecular weight excluding hydrogens is 354 g/mol. The third kappa shape index (κ3) is 5.78. The van der Waals surface area contributed by atoms with Gasteiger partial charge in [0.2, 0.25) is 0 Å². The molecule has 0 N–H and O–H groups in total. The third-order valence-electron chi connectivity index (χ3n) is 7.42. The normalized spacial score (nSPS) is 28.4. The average Bonchev–Trinajstić information content (AvgIpc) is 2.71. The molecule has 28 heavy (non-hydrogen) atoms. The van der Waals surface area contributed by atoms with E-state index >= 15 is 0 Å². The second-order valence-corrected chi connectivity index (χ2v) is 9.37. The Hall–Kier alpha value is -0.960. The van der Waals surface area contributed by atoms with Crippen LogP contribution in [0.1, 0.15) is 101 Å². The third-order valence-corrected chi connectivity index (χ3v) is 7.42. The van der Waals surface area contributed by atoms with Crippen LogP contribution in [0.5, 0.6) is 0 Å². The molecule has 2 aliphatic carbocycles. The maximum atomic E-state index is 14.2. The Morgan fingerprint density at radius 1 is 0.786 bits per heavy atom. The van der Waals surface area contributed by atoms with Gasteiger partial charge >= 0.3 is 0 Å². The molecule has 0 spiro atoms. The Balaban J connectivity index is 1.42. The number of hydrogen-bond acceptors (Lipinski definition) is 1. The van der Waals surface area contributed by atoms with Gasteiger partial charge in [0.1, 0.15) is 11.6 Å². The summed E-state index contributed by atoms with van der Waals surface area (Å²) in [6.07, 6.45) is 15.8. The molecule has 158 valence electrons. The van der Waals surface area contributed by atoms with E-state index in [1.165, 1.54) is 83.5 Å². The number of methoxy groups -OCH3 is 1. The Morgan fingerprint density at radius 2 is 1.25 bits per heavy atom. The molecule has 2 aliphatic rings. The summed E-state index contributed by atoms with van der Waals surface area (Å²) in [5.41, 5.74) is 0.885. The Labute approximate surface area is 170 Å². The van der Waals surface area contributed by atoms with Gasteiger partial charge < -0.3 is 4.74 Å². The molecule has 0 saturated heterocycles. The van der Waals surface area contributed by atoms with Crippen molar-refractivity contribution in [3.63, 3.8) is 0 Å². The highest BCUT2D eigenvalue weighted by Crippen LogP contribution is 2.40. The number of hydrogen-bond donors (Lipinski definition) is 0. The van der Waals surface area contributed by atoms with E-state index in [2.05, 4.69) is 6.92 Å². The van der Waals surface area contributed by atoms with E-state index in [1.807, 2.05) is 0 Å². The lowest BCUT2D eigenvalue weighted by molar-refractivity contribution is 0.177. The number of ether oxygens (including phenoxy) is 1. The number of benzene rings is 1. The molecule has 0 aliphatic heterocycles. The van der Waals surface area contributed by atoms with Gasteiger partial charge in [0.05, 0.1) is 6.61 Å². The van der Waals surface area contributed by atoms with E-state index in [9.17, 15) is 8.78 Å². The number of rotatable bonds is 8. The average molecular weight is 393 g/mol. The maximum Gasteiger partial charge on any atom is 0.131 e. The van der Waals surface area contributed by atoms with Crippen LogP contribution in [0.2, 0.25) is 0 Å². The van der Waals surface area contributed by atoms with Crippen molar-refractivity contribution in [2.75, 3.05) is 7.11 Å². The van der Waals surface area contributed by atoms with Gasteiger partial charge in [-0.3, -0.25) is 0 Å². The fourth-order valence-electron chi connectivity index (χ4n) is 5.61. The Bertz CT molecular complexity index is 576. The standard InChI is InChI=1S/C25H38F2O/c1-3-4-18-5-7-19(8-6-18)9-10-20-11-13-21(14-12-20)22-15-24(26)23(17-28-2)25(27)16-22/h15-16,18-21H,3-14,17H2,1-2H3/t18-,19-,20?,21?. The van der Waals surface area contributed by atoms with E-state index in [-0.39, 0.29) is 12.2 Å². The van der Waals surface area contributed by atoms with Gasteiger partial charge in [-0.15, -0.1) is 0 Å². The zero-order chi connectivity index (χ0) is 19.9. The molecule has 2 fully saturated rings. The second kappa shape index (κ2) is 10.7. The molecule has 0 aromatic heterocycles. The highest BCUT2D eigenvalue weighted by atomic mass is 19.1. The molecule has 3 rings (SSSR count). The van der Waals surface area contributed by atoms with Gasteiger partial charge in [-0.05, 0) is 67.1 Å². The van der Waals surface area contributed by atoms with Crippen molar-refractivity contribution >= 4 is 0 Å². The van der Waals surface area contributed by atoms with Crippen molar-refractivity contribution in [2.45, 2.75) is 96.5 Å². The van der Waals surface area contributed by atoms with Crippen molar-refractivity contribution in [3.8, 4) is 0 Å². The van der Waals surface area contributed by atoms with Gasteiger partial charge in [-0.2, -0.15) is 0 Å². The van der Waals surface area contributed by atoms with Crippen LogP contribution < -0.4 is 0 Å². The lowest BCUT2D eigenvalue weighted by atomic mass is 9.74. The predicted octanol–water partition coefficient (Wildman–Crippen LogP) is 7.77. The van der Waals surface area contributed by atoms with Crippen molar-refractivity contribution in [1.82, 2.24) is 0 Å². The van der Waals surface area contributed by atoms with Gasteiger partial charge in [0.25, 0.3) is 0 Å². The van der Waals surface area contributed by atoms with E-state index in [1.54, 1.807) is 0 Å². The van der Waals surface area contributed by atoms with E-state index in [0.29, 0.717) is 5.92 Å².